The van der Waals surface area contributed by atoms with Crippen molar-refractivity contribution in [1.82, 2.24) is 0 Å². The highest BCUT2D eigenvalue weighted by molar-refractivity contribution is 14.1. The van der Waals surface area contributed by atoms with Crippen molar-refractivity contribution in [2.45, 2.75) is 70.2 Å². The summed E-state index contributed by atoms with van der Waals surface area (Å²) in [5.41, 5.74) is 0. The maximum absolute atomic E-state index is 10.3. The van der Waals surface area contributed by atoms with Crippen LogP contribution in [0.3, 0.4) is 0 Å². The van der Waals surface area contributed by atoms with Gasteiger partial charge in [-0.1, -0.05) is 44.1 Å². The molecule has 1 aromatic heterocycles. The van der Waals surface area contributed by atoms with Crippen LogP contribution in [0.2, 0.25) is 0 Å². The maximum Gasteiger partial charge on any atom is 0.0724 e. The second kappa shape index (κ2) is 11.6. The maximum atomic E-state index is 10.3. The van der Waals surface area contributed by atoms with Gasteiger partial charge < -0.3 is 15.3 Å². The number of allylic oxidation sites excluding steroid dienone is 2. The normalized spacial score (nSPS) is 27.7. The molecule has 0 bridgehead atoms. The van der Waals surface area contributed by atoms with E-state index in [4.69, 9.17) is 0 Å². The first kappa shape index (κ1) is 22.1. The van der Waals surface area contributed by atoms with Crippen molar-refractivity contribution in [2.75, 3.05) is 0 Å². The number of hydrogen-bond acceptors (Lipinski definition) is 4. The Morgan fingerprint density at radius 2 is 2.08 bits per heavy atom. The Labute approximate surface area is 175 Å². The van der Waals surface area contributed by atoms with E-state index >= 15 is 0 Å². The Balaban J connectivity index is 1.84. The minimum atomic E-state index is -0.527. The van der Waals surface area contributed by atoms with Gasteiger partial charge in [0.05, 0.1) is 21.2 Å². The van der Waals surface area contributed by atoms with Gasteiger partial charge in [0.25, 0.3) is 0 Å². The molecule has 1 fully saturated rings. The minimum Gasteiger partial charge on any atom is -0.393 e. The van der Waals surface area contributed by atoms with Crippen molar-refractivity contribution < 1.29 is 15.3 Å². The lowest BCUT2D eigenvalue weighted by molar-refractivity contribution is 0.120. The van der Waals surface area contributed by atoms with Crippen molar-refractivity contribution >= 4 is 33.9 Å². The van der Waals surface area contributed by atoms with Crippen LogP contribution in [0.4, 0.5) is 0 Å². The molecular formula is C21H31IO3S. The van der Waals surface area contributed by atoms with Crippen molar-refractivity contribution in [3.8, 4) is 0 Å². The molecule has 26 heavy (non-hydrogen) atoms. The van der Waals surface area contributed by atoms with E-state index in [1.54, 1.807) is 17.4 Å². The lowest BCUT2D eigenvalue weighted by Crippen LogP contribution is -2.20. The van der Waals surface area contributed by atoms with Gasteiger partial charge in [-0.25, -0.2) is 0 Å². The molecule has 3 nitrogen and oxygen atoms in total. The van der Waals surface area contributed by atoms with Crippen molar-refractivity contribution in [2.24, 2.45) is 11.8 Å². The molecule has 1 heterocycles. The highest BCUT2D eigenvalue weighted by Crippen LogP contribution is 2.36. The molecule has 5 atom stereocenters. The molecule has 2 rings (SSSR count). The molecule has 0 aromatic carbocycles. The number of unbranched alkanes of at least 4 members (excludes halogenated alkanes) is 2. The fraction of sp³-hybridized carbons (Fsp3) is 0.619. The molecule has 1 aliphatic carbocycles. The zero-order valence-corrected chi connectivity index (χ0v) is 18.4. The Morgan fingerprint density at radius 1 is 1.27 bits per heavy atom. The second-order valence-corrected chi connectivity index (χ2v) is 10.2. The Bertz CT molecular complexity index is 584. The lowest BCUT2D eigenvalue weighted by Gasteiger charge is -2.19. The molecule has 0 amide bonds. The Morgan fingerprint density at radius 3 is 2.77 bits per heavy atom. The second-order valence-electron chi connectivity index (χ2n) is 7.16. The van der Waals surface area contributed by atoms with Crippen LogP contribution < -0.4 is 0 Å². The van der Waals surface area contributed by atoms with Gasteiger partial charge in [-0.15, -0.1) is 11.3 Å². The minimum absolute atomic E-state index is 0.0326. The zero-order valence-electron chi connectivity index (χ0n) is 15.4. The van der Waals surface area contributed by atoms with E-state index in [0.29, 0.717) is 12.8 Å². The molecule has 0 saturated heterocycles. The predicted octanol–water partition coefficient (Wildman–Crippen LogP) is 4.70. The van der Waals surface area contributed by atoms with E-state index in [0.717, 1.165) is 19.3 Å². The van der Waals surface area contributed by atoms with Crippen molar-refractivity contribution in [3.05, 3.63) is 44.2 Å². The first-order valence-corrected chi connectivity index (χ1v) is 11.5. The van der Waals surface area contributed by atoms with Gasteiger partial charge in [0.15, 0.2) is 0 Å². The fourth-order valence-corrected chi connectivity index (χ4v) is 5.30. The summed E-state index contributed by atoms with van der Waals surface area (Å²) in [5, 5.41) is 30.8. The molecule has 146 valence electrons. The molecule has 0 unspecified atom stereocenters. The van der Waals surface area contributed by atoms with Gasteiger partial charge in [-0.3, -0.25) is 0 Å². The largest absolute Gasteiger partial charge is 0.393 e. The summed E-state index contributed by atoms with van der Waals surface area (Å²) in [6.07, 6.45) is 12.7. The summed E-state index contributed by atoms with van der Waals surface area (Å²) < 4.78 is 1.26. The Hall–Kier alpha value is -0.210. The van der Waals surface area contributed by atoms with Crippen LogP contribution in [0.1, 0.15) is 50.3 Å². The van der Waals surface area contributed by atoms with Crippen LogP contribution in [0.15, 0.2) is 36.4 Å². The number of thiophene rings is 1. The summed E-state index contributed by atoms with van der Waals surface area (Å²) in [5.74, 6) is -0.0524. The molecule has 0 aliphatic heterocycles. The molecule has 3 N–H and O–H groups in total. The monoisotopic (exact) mass is 490 g/mol. The number of rotatable bonds is 10. The average molecular weight is 490 g/mol. The fourth-order valence-electron chi connectivity index (χ4n) is 3.53. The standard InChI is InChI=1S/C21H31IO3S/c1-2-3-4-5-6-7-17-18(20(25)14-19(17)24)12-9-15(23)8-10-16-11-13-21(22)26-16/h5-6,9,11-13,15,17-20,23-25H,2-4,7-8,10,14H2,1H3/b6-5-,12-9+/t15-,17+,18+,19-,20+/m0/s1. The summed E-state index contributed by atoms with van der Waals surface area (Å²) >= 11 is 4.07. The van der Waals surface area contributed by atoms with Gasteiger partial charge in [0.2, 0.25) is 0 Å². The number of hydrogen-bond donors (Lipinski definition) is 3. The molecule has 1 saturated carbocycles. The average Bonchev–Trinajstić information content (AvgIpc) is 3.14. The van der Waals surface area contributed by atoms with Crippen LogP contribution in [-0.2, 0) is 6.42 Å². The molecule has 0 radical (unpaired) electrons. The highest BCUT2D eigenvalue weighted by Gasteiger charge is 2.39. The topological polar surface area (TPSA) is 60.7 Å². The molecule has 0 spiro atoms. The van der Waals surface area contributed by atoms with Crippen molar-refractivity contribution in [3.63, 3.8) is 0 Å². The first-order chi connectivity index (χ1) is 12.5. The van der Waals surface area contributed by atoms with Gasteiger partial charge in [0, 0.05) is 17.2 Å². The molecule has 1 aliphatic rings. The number of aryl methyl sites for hydroxylation is 1. The van der Waals surface area contributed by atoms with E-state index in [1.807, 2.05) is 6.08 Å². The zero-order chi connectivity index (χ0) is 18.9. The smallest absolute Gasteiger partial charge is 0.0724 e. The van der Waals surface area contributed by atoms with Crippen LogP contribution in [-0.4, -0.2) is 33.6 Å². The van der Waals surface area contributed by atoms with E-state index < -0.39 is 18.3 Å². The summed E-state index contributed by atoms with van der Waals surface area (Å²) in [7, 11) is 0. The van der Waals surface area contributed by atoms with E-state index in [2.05, 4.69) is 53.8 Å². The van der Waals surface area contributed by atoms with Crippen LogP contribution in [0, 0.1) is 14.7 Å². The van der Waals surface area contributed by atoms with E-state index in [-0.39, 0.29) is 11.8 Å². The van der Waals surface area contributed by atoms with Gasteiger partial charge in [0.1, 0.15) is 0 Å². The van der Waals surface area contributed by atoms with Gasteiger partial charge in [-0.05, 0) is 66.3 Å². The Kier molecular flexibility index (Phi) is 9.85. The third-order valence-corrected chi connectivity index (χ3v) is 7.04. The molecule has 5 heteroatoms. The predicted molar refractivity (Wildman–Crippen MR) is 117 cm³/mol. The first-order valence-electron chi connectivity index (χ1n) is 9.63. The molecular weight excluding hydrogens is 459 g/mol. The SMILES string of the molecule is CCCC/C=C\C[C@@H]1[C@@H](/C=C/[C@@H](O)CCc2ccc(I)s2)[C@H](O)C[C@@H]1O. The van der Waals surface area contributed by atoms with Crippen molar-refractivity contribution in [1.29, 1.82) is 0 Å². The third-order valence-electron chi connectivity index (χ3n) is 5.09. The van der Waals surface area contributed by atoms with Gasteiger partial charge in [-0.2, -0.15) is 0 Å². The summed E-state index contributed by atoms with van der Waals surface area (Å²) in [6.45, 7) is 2.18. The highest BCUT2D eigenvalue weighted by atomic mass is 127. The quantitative estimate of drug-likeness (QED) is 0.253. The number of aliphatic hydroxyl groups excluding tert-OH is 3. The van der Waals surface area contributed by atoms with Crippen LogP contribution in [0.5, 0.6) is 0 Å². The summed E-state index contributed by atoms with van der Waals surface area (Å²) in [6, 6.07) is 4.21. The van der Waals surface area contributed by atoms with Crippen LogP contribution in [0.25, 0.3) is 0 Å². The summed E-state index contributed by atoms with van der Waals surface area (Å²) in [4.78, 5) is 1.29. The van der Waals surface area contributed by atoms with E-state index in [1.165, 1.54) is 20.6 Å². The third kappa shape index (κ3) is 7.08. The number of aliphatic hydroxyl groups is 3. The van der Waals surface area contributed by atoms with Crippen LogP contribution >= 0.6 is 33.9 Å². The number of halogens is 1. The molecule has 1 aromatic rings. The lowest BCUT2D eigenvalue weighted by atomic mass is 9.89. The van der Waals surface area contributed by atoms with E-state index in [9.17, 15) is 15.3 Å². The van der Waals surface area contributed by atoms with Gasteiger partial charge >= 0.3 is 0 Å².